The van der Waals surface area contributed by atoms with E-state index in [0.717, 1.165) is 19.6 Å². The third-order valence-corrected chi connectivity index (χ3v) is 3.80. The lowest BCUT2D eigenvalue weighted by molar-refractivity contribution is 0.321. The lowest BCUT2D eigenvalue weighted by Crippen LogP contribution is -2.42. The van der Waals surface area contributed by atoms with Crippen LogP contribution in [0.1, 0.15) is 18.5 Å². The highest BCUT2D eigenvalue weighted by molar-refractivity contribution is 5.59. The largest absolute Gasteiger partial charge is 0.372 e. The third-order valence-electron chi connectivity index (χ3n) is 3.80. The van der Waals surface area contributed by atoms with Crippen molar-refractivity contribution in [2.24, 2.45) is 0 Å². The molecule has 1 aromatic heterocycles. The van der Waals surface area contributed by atoms with E-state index in [-0.39, 0.29) is 0 Å². The Balaban J connectivity index is 2.06. The zero-order chi connectivity index (χ0) is 10.3. The first-order valence-electron chi connectivity index (χ1n) is 5.69. The van der Waals surface area contributed by atoms with Gasteiger partial charge in [0.05, 0.1) is 11.4 Å². The first-order valence-corrected chi connectivity index (χ1v) is 5.69. The highest BCUT2D eigenvalue weighted by atomic mass is 15.2. The van der Waals surface area contributed by atoms with Gasteiger partial charge in [0.25, 0.3) is 0 Å². The van der Waals surface area contributed by atoms with E-state index in [1.165, 1.54) is 24.2 Å². The summed E-state index contributed by atoms with van der Waals surface area (Å²) in [4.78, 5) is 6.97. The number of hydrogen-bond acceptors (Lipinski definition) is 3. The molecule has 0 radical (unpaired) electrons. The molecule has 1 spiro atoms. The second-order valence-corrected chi connectivity index (χ2v) is 4.76. The molecule has 1 fully saturated rings. The summed E-state index contributed by atoms with van der Waals surface area (Å²) in [6.07, 6.45) is 4.38. The zero-order valence-corrected chi connectivity index (χ0v) is 9.16. The molecular formula is C12H17N3. The predicted octanol–water partition coefficient (Wildman–Crippen LogP) is 1.15. The summed E-state index contributed by atoms with van der Waals surface area (Å²) in [5.41, 5.74) is 2.99. The van der Waals surface area contributed by atoms with E-state index in [1.807, 2.05) is 12.3 Å². The Morgan fingerprint density at radius 2 is 2.20 bits per heavy atom. The predicted molar refractivity (Wildman–Crippen MR) is 61.3 cm³/mol. The Kier molecular flexibility index (Phi) is 1.96. The second-order valence-electron chi connectivity index (χ2n) is 4.76. The Labute approximate surface area is 90.5 Å². The van der Waals surface area contributed by atoms with Crippen molar-refractivity contribution in [1.82, 2.24) is 10.3 Å². The molecule has 3 nitrogen and oxygen atoms in total. The molecule has 0 saturated carbocycles. The molecule has 0 aromatic carbocycles. The SMILES string of the molecule is CN1CC2(CCNCC2)c2ncccc21. The summed E-state index contributed by atoms with van der Waals surface area (Å²) in [5, 5.41) is 3.44. The van der Waals surface area contributed by atoms with Gasteiger partial charge >= 0.3 is 0 Å². The first-order chi connectivity index (χ1) is 7.32. The number of anilines is 1. The highest BCUT2D eigenvalue weighted by Crippen LogP contribution is 2.43. The summed E-state index contributed by atoms with van der Waals surface area (Å²) in [7, 11) is 2.18. The smallest absolute Gasteiger partial charge is 0.0716 e. The average Bonchev–Trinajstić information content (AvgIpc) is 2.55. The molecule has 80 valence electrons. The minimum atomic E-state index is 0.330. The fourth-order valence-corrected chi connectivity index (χ4v) is 3.03. The molecule has 1 aromatic rings. The van der Waals surface area contributed by atoms with E-state index in [9.17, 15) is 0 Å². The fraction of sp³-hybridized carbons (Fsp3) is 0.583. The van der Waals surface area contributed by atoms with Gasteiger partial charge in [0.15, 0.2) is 0 Å². The Morgan fingerprint density at radius 1 is 1.40 bits per heavy atom. The molecule has 0 aliphatic carbocycles. The molecule has 1 saturated heterocycles. The number of rotatable bonds is 0. The van der Waals surface area contributed by atoms with E-state index in [0.29, 0.717) is 5.41 Å². The average molecular weight is 203 g/mol. The van der Waals surface area contributed by atoms with E-state index in [2.05, 4.69) is 28.3 Å². The van der Waals surface area contributed by atoms with Gasteiger partial charge in [-0.05, 0) is 38.1 Å². The van der Waals surface area contributed by atoms with Crippen LogP contribution in [-0.2, 0) is 5.41 Å². The van der Waals surface area contributed by atoms with Gasteiger partial charge in [0.2, 0.25) is 0 Å². The fourth-order valence-electron chi connectivity index (χ4n) is 3.03. The third kappa shape index (κ3) is 1.26. The van der Waals surface area contributed by atoms with Crippen LogP contribution in [-0.4, -0.2) is 31.7 Å². The molecule has 3 heterocycles. The topological polar surface area (TPSA) is 28.2 Å². The van der Waals surface area contributed by atoms with Crippen molar-refractivity contribution in [2.45, 2.75) is 18.3 Å². The van der Waals surface area contributed by atoms with Gasteiger partial charge in [-0.25, -0.2) is 0 Å². The number of hydrogen-bond donors (Lipinski definition) is 1. The molecular weight excluding hydrogens is 186 g/mol. The maximum Gasteiger partial charge on any atom is 0.0716 e. The van der Waals surface area contributed by atoms with Crippen molar-refractivity contribution in [3.8, 4) is 0 Å². The zero-order valence-electron chi connectivity index (χ0n) is 9.16. The van der Waals surface area contributed by atoms with Crippen LogP contribution >= 0.6 is 0 Å². The summed E-state index contributed by atoms with van der Waals surface area (Å²) in [5.74, 6) is 0. The molecule has 0 unspecified atom stereocenters. The summed E-state index contributed by atoms with van der Waals surface area (Å²) >= 11 is 0. The molecule has 0 bridgehead atoms. The second kappa shape index (κ2) is 3.20. The molecule has 2 aliphatic rings. The maximum absolute atomic E-state index is 4.62. The van der Waals surface area contributed by atoms with Crippen LogP contribution in [0.25, 0.3) is 0 Å². The van der Waals surface area contributed by atoms with Gasteiger partial charge in [-0.1, -0.05) is 0 Å². The number of likely N-dealkylation sites (N-methyl/N-ethyl adjacent to an activating group) is 1. The summed E-state index contributed by atoms with van der Waals surface area (Å²) in [6.45, 7) is 3.40. The van der Waals surface area contributed by atoms with E-state index in [4.69, 9.17) is 0 Å². The molecule has 1 N–H and O–H groups in total. The molecule has 0 amide bonds. The summed E-state index contributed by atoms with van der Waals surface area (Å²) in [6, 6.07) is 4.23. The molecule has 15 heavy (non-hydrogen) atoms. The molecule has 3 rings (SSSR count). The maximum atomic E-state index is 4.62. The van der Waals surface area contributed by atoms with Crippen molar-refractivity contribution >= 4 is 5.69 Å². The lowest BCUT2D eigenvalue weighted by Gasteiger charge is -2.33. The summed E-state index contributed by atoms with van der Waals surface area (Å²) < 4.78 is 0. The number of pyridine rings is 1. The number of fused-ring (bicyclic) bond motifs is 2. The normalized spacial score (nSPS) is 23.1. The highest BCUT2D eigenvalue weighted by Gasteiger charge is 2.43. The van der Waals surface area contributed by atoms with Crippen LogP contribution < -0.4 is 10.2 Å². The van der Waals surface area contributed by atoms with Gasteiger partial charge in [0.1, 0.15) is 0 Å². The van der Waals surface area contributed by atoms with Gasteiger partial charge in [-0.3, -0.25) is 4.98 Å². The van der Waals surface area contributed by atoms with Crippen LogP contribution in [0.5, 0.6) is 0 Å². The Bertz CT molecular complexity index is 369. The number of nitrogens with zero attached hydrogens (tertiary/aromatic N) is 2. The van der Waals surface area contributed by atoms with Crippen molar-refractivity contribution in [2.75, 3.05) is 31.6 Å². The molecule has 3 heteroatoms. The standard InChI is InChI=1S/C12H17N3/c1-15-9-12(4-7-13-8-5-12)11-10(15)3-2-6-14-11/h2-3,6,13H,4-5,7-9H2,1H3. The van der Waals surface area contributed by atoms with Crippen LogP contribution in [0.3, 0.4) is 0 Å². The van der Waals surface area contributed by atoms with Crippen molar-refractivity contribution in [3.05, 3.63) is 24.0 Å². The van der Waals surface area contributed by atoms with Gasteiger partial charge in [0, 0.05) is 25.2 Å². The molecule has 0 atom stereocenters. The molecule has 2 aliphatic heterocycles. The lowest BCUT2D eigenvalue weighted by atomic mass is 9.77. The van der Waals surface area contributed by atoms with E-state index in [1.54, 1.807) is 0 Å². The van der Waals surface area contributed by atoms with E-state index < -0.39 is 0 Å². The number of piperidine rings is 1. The minimum absolute atomic E-state index is 0.330. The van der Waals surface area contributed by atoms with Gasteiger partial charge < -0.3 is 10.2 Å². The van der Waals surface area contributed by atoms with Crippen molar-refractivity contribution in [3.63, 3.8) is 0 Å². The van der Waals surface area contributed by atoms with E-state index >= 15 is 0 Å². The van der Waals surface area contributed by atoms with Crippen LogP contribution in [0.15, 0.2) is 18.3 Å². The quantitative estimate of drug-likeness (QED) is 0.685. The minimum Gasteiger partial charge on any atom is -0.372 e. The Morgan fingerprint density at radius 3 is 3.00 bits per heavy atom. The van der Waals surface area contributed by atoms with Gasteiger partial charge in [-0.15, -0.1) is 0 Å². The number of nitrogens with one attached hydrogen (secondary N) is 1. The first kappa shape index (κ1) is 9.16. The monoisotopic (exact) mass is 203 g/mol. The number of aromatic nitrogens is 1. The van der Waals surface area contributed by atoms with Crippen LogP contribution in [0.2, 0.25) is 0 Å². The van der Waals surface area contributed by atoms with Crippen molar-refractivity contribution in [1.29, 1.82) is 0 Å². The van der Waals surface area contributed by atoms with Crippen molar-refractivity contribution < 1.29 is 0 Å². The van der Waals surface area contributed by atoms with Crippen LogP contribution in [0.4, 0.5) is 5.69 Å². The van der Waals surface area contributed by atoms with Crippen LogP contribution in [0, 0.1) is 0 Å². The Hall–Kier alpha value is -1.09. The van der Waals surface area contributed by atoms with Gasteiger partial charge in [-0.2, -0.15) is 0 Å².